The lowest BCUT2D eigenvalue weighted by Crippen LogP contribution is -1.95. The van der Waals surface area contributed by atoms with Crippen LogP contribution in [0, 0.1) is 5.92 Å². The van der Waals surface area contributed by atoms with Crippen molar-refractivity contribution in [3.05, 3.63) is 58.7 Å². The highest BCUT2D eigenvalue weighted by Gasteiger charge is 2.04. The van der Waals surface area contributed by atoms with Gasteiger partial charge in [-0.1, -0.05) is 68.7 Å². The lowest BCUT2D eigenvalue weighted by molar-refractivity contribution is -0.131. The number of carboxylic acids is 1. The third-order valence-corrected chi connectivity index (χ3v) is 3.62. The van der Waals surface area contributed by atoms with Crippen molar-refractivity contribution < 1.29 is 9.90 Å². The molecule has 0 saturated heterocycles. The fourth-order valence-corrected chi connectivity index (χ4v) is 2.29. The zero-order chi connectivity index (χ0) is 17.8. The Kier molecular flexibility index (Phi) is 10.8. The van der Waals surface area contributed by atoms with E-state index in [2.05, 4.69) is 46.8 Å². The topological polar surface area (TPSA) is 37.3 Å². The molecule has 1 N–H and O–H groups in total. The van der Waals surface area contributed by atoms with Gasteiger partial charge < -0.3 is 5.11 Å². The van der Waals surface area contributed by atoms with Gasteiger partial charge in [-0.3, -0.25) is 0 Å². The number of carbonyl (C=O) groups is 1. The molecule has 2 nitrogen and oxygen atoms in total. The summed E-state index contributed by atoms with van der Waals surface area (Å²) in [6.07, 6.45) is 14.9. The smallest absolute Gasteiger partial charge is 0.328 e. The minimum Gasteiger partial charge on any atom is -0.478 e. The second-order valence-electron chi connectivity index (χ2n) is 6.32. The minimum atomic E-state index is -0.915. The van der Waals surface area contributed by atoms with Gasteiger partial charge in [0.25, 0.3) is 0 Å². The number of aliphatic carboxylic acids is 1. The molecule has 23 heavy (non-hydrogen) atoms. The van der Waals surface area contributed by atoms with Gasteiger partial charge in [0.2, 0.25) is 0 Å². The van der Waals surface area contributed by atoms with E-state index in [-0.39, 0.29) is 0 Å². The summed E-state index contributed by atoms with van der Waals surface area (Å²) in [6.45, 7) is 12.7. The van der Waals surface area contributed by atoms with Crippen molar-refractivity contribution in [1.82, 2.24) is 0 Å². The first kappa shape index (κ1) is 21.2. The van der Waals surface area contributed by atoms with E-state index in [4.69, 9.17) is 5.11 Å². The van der Waals surface area contributed by atoms with Gasteiger partial charge in [-0.15, -0.1) is 0 Å². The number of unbranched alkanes of at least 4 members (excludes halogenated alkanes) is 1. The SMILES string of the molecule is CCCC/C(C)=C(/C=C/C(C)=C\C=C\C(C)=C\C(=O)O)C(C)C. The molecule has 0 aromatic rings. The Bertz CT molecular complexity index is 526. The maximum Gasteiger partial charge on any atom is 0.328 e. The van der Waals surface area contributed by atoms with Crippen LogP contribution in [-0.4, -0.2) is 11.1 Å². The summed E-state index contributed by atoms with van der Waals surface area (Å²) < 4.78 is 0. The number of carboxylic acid groups (broad SMARTS) is 1. The first-order valence-corrected chi connectivity index (χ1v) is 8.41. The molecular formula is C21H32O2. The number of allylic oxidation sites excluding steroid dienone is 9. The Hall–Kier alpha value is -1.83. The van der Waals surface area contributed by atoms with Crippen molar-refractivity contribution >= 4 is 5.97 Å². The van der Waals surface area contributed by atoms with E-state index in [9.17, 15) is 4.79 Å². The minimum absolute atomic E-state index is 0.521. The van der Waals surface area contributed by atoms with E-state index in [1.54, 1.807) is 13.0 Å². The third kappa shape index (κ3) is 10.5. The van der Waals surface area contributed by atoms with Crippen LogP contribution >= 0.6 is 0 Å². The summed E-state index contributed by atoms with van der Waals surface area (Å²) in [4.78, 5) is 10.5. The van der Waals surface area contributed by atoms with Gasteiger partial charge >= 0.3 is 5.97 Å². The normalized spacial score (nSPS) is 14.9. The van der Waals surface area contributed by atoms with Crippen molar-refractivity contribution in [1.29, 1.82) is 0 Å². The van der Waals surface area contributed by atoms with E-state index in [0.717, 1.165) is 17.6 Å². The van der Waals surface area contributed by atoms with E-state index in [1.165, 1.54) is 30.1 Å². The highest BCUT2D eigenvalue weighted by Crippen LogP contribution is 2.21. The van der Waals surface area contributed by atoms with E-state index in [0.29, 0.717) is 5.92 Å². The lowest BCUT2D eigenvalue weighted by atomic mass is 9.94. The predicted octanol–water partition coefficient (Wildman–Crippen LogP) is 6.24. The molecule has 0 unspecified atom stereocenters. The summed E-state index contributed by atoms with van der Waals surface area (Å²) >= 11 is 0. The zero-order valence-electron chi connectivity index (χ0n) is 15.5. The molecule has 2 heteroatoms. The molecule has 0 saturated carbocycles. The summed E-state index contributed by atoms with van der Waals surface area (Å²) in [7, 11) is 0. The molecule has 0 bridgehead atoms. The quantitative estimate of drug-likeness (QED) is 0.404. The maximum atomic E-state index is 10.5. The first-order chi connectivity index (χ1) is 10.8. The second-order valence-corrected chi connectivity index (χ2v) is 6.32. The van der Waals surface area contributed by atoms with Gasteiger partial charge in [0, 0.05) is 6.08 Å². The van der Waals surface area contributed by atoms with Gasteiger partial charge in [0.1, 0.15) is 0 Å². The van der Waals surface area contributed by atoms with Crippen LogP contribution in [0.5, 0.6) is 0 Å². The fraction of sp³-hybridized carbons (Fsp3) is 0.476. The van der Waals surface area contributed by atoms with Crippen molar-refractivity contribution in [2.45, 2.75) is 60.8 Å². The summed E-state index contributed by atoms with van der Waals surface area (Å²) in [6, 6.07) is 0. The average molecular weight is 316 g/mol. The molecule has 0 fully saturated rings. The summed E-state index contributed by atoms with van der Waals surface area (Å²) in [5.74, 6) is -0.394. The van der Waals surface area contributed by atoms with Crippen LogP contribution in [0.4, 0.5) is 0 Å². The zero-order valence-corrected chi connectivity index (χ0v) is 15.5. The molecule has 0 aromatic heterocycles. The second kappa shape index (κ2) is 11.7. The molecule has 0 amide bonds. The molecule has 128 valence electrons. The first-order valence-electron chi connectivity index (χ1n) is 8.41. The van der Waals surface area contributed by atoms with Crippen LogP contribution in [-0.2, 0) is 4.79 Å². The molecule has 0 heterocycles. The third-order valence-electron chi connectivity index (χ3n) is 3.62. The number of hydrogen-bond donors (Lipinski definition) is 1. The van der Waals surface area contributed by atoms with Crippen LogP contribution in [0.1, 0.15) is 60.8 Å². The van der Waals surface area contributed by atoms with Gasteiger partial charge in [-0.2, -0.15) is 0 Å². The van der Waals surface area contributed by atoms with Gasteiger partial charge in [0.15, 0.2) is 0 Å². The lowest BCUT2D eigenvalue weighted by Gasteiger charge is -2.12. The molecule has 0 spiro atoms. The van der Waals surface area contributed by atoms with Crippen LogP contribution in [0.2, 0.25) is 0 Å². The molecular weight excluding hydrogens is 284 g/mol. The van der Waals surface area contributed by atoms with Gasteiger partial charge in [0.05, 0.1) is 0 Å². The van der Waals surface area contributed by atoms with Crippen LogP contribution < -0.4 is 0 Å². The highest BCUT2D eigenvalue weighted by molar-refractivity contribution is 5.81. The molecule has 0 radical (unpaired) electrons. The summed E-state index contributed by atoms with van der Waals surface area (Å²) in [5, 5.41) is 8.66. The Labute approximate surface area is 142 Å². The van der Waals surface area contributed by atoms with Crippen molar-refractivity contribution in [3.63, 3.8) is 0 Å². The van der Waals surface area contributed by atoms with E-state index in [1.807, 2.05) is 12.2 Å². The van der Waals surface area contributed by atoms with E-state index >= 15 is 0 Å². The molecule has 0 aliphatic heterocycles. The maximum absolute atomic E-state index is 10.5. The van der Waals surface area contributed by atoms with Crippen molar-refractivity contribution in [2.75, 3.05) is 0 Å². The monoisotopic (exact) mass is 316 g/mol. The summed E-state index contributed by atoms with van der Waals surface area (Å²) in [5.41, 5.74) is 4.76. The van der Waals surface area contributed by atoms with Crippen LogP contribution in [0.15, 0.2) is 58.7 Å². The Morgan fingerprint density at radius 3 is 2.22 bits per heavy atom. The van der Waals surface area contributed by atoms with Crippen molar-refractivity contribution in [2.24, 2.45) is 5.92 Å². The van der Waals surface area contributed by atoms with Gasteiger partial charge in [-0.25, -0.2) is 4.79 Å². The molecule has 0 aliphatic carbocycles. The Balaban J connectivity index is 4.98. The Morgan fingerprint density at radius 1 is 1.04 bits per heavy atom. The Morgan fingerprint density at radius 2 is 1.70 bits per heavy atom. The van der Waals surface area contributed by atoms with E-state index < -0.39 is 5.97 Å². The fourth-order valence-electron chi connectivity index (χ4n) is 2.29. The predicted molar refractivity (Wildman–Crippen MR) is 100 cm³/mol. The highest BCUT2D eigenvalue weighted by atomic mass is 16.4. The number of rotatable bonds is 9. The molecule has 0 atom stereocenters. The average Bonchev–Trinajstić information content (AvgIpc) is 2.43. The number of hydrogen-bond acceptors (Lipinski definition) is 1. The molecule has 0 rings (SSSR count). The van der Waals surface area contributed by atoms with Crippen molar-refractivity contribution in [3.8, 4) is 0 Å². The van der Waals surface area contributed by atoms with Crippen LogP contribution in [0.25, 0.3) is 0 Å². The molecule has 0 aromatic carbocycles. The van der Waals surface area contributed by atoms with Crippen LogP contribution in [0.3, 0.4) is 0 Å². The largest absolute Gasteiger partial charge is 0.478 e. The van der Waals surface area contributed by atoms with Gasteiger partial charge in [-0.05, 0) is 50.7 Å². The molecule has 0 aliphatic rings. The standard InChI is InChI=1S/C21H32O2/c1-7-8-12-19(6)20(16(2)3)14-13-17(4)10-9-11-18(5)15-21(22)23/h9-11,13-16H,7-8,12H2,1-6H3,(H,22,23)/b11-9+,14-13+,17-10-,18-15+,20-19-.